The average molecular weight is 422 g/mol. The Kier molecular flexibility index (Phi) is 8.82. The van der Waals surface area contributed by atoms with E-state index in [4.69, 9.17) is 10.3 Å². The van der Waals surface area contributed by atoms with E-state index in [1.165, 1.54) is 6.92 Å². The van der Waals surface area contributed by atoms with Crippen LogP contribution in [0.25, 0.3) is 5.53 Å². The summed E-state index contributed by atoms with van der Waals surface area (Å²) in [7, 11) is 0. The fraction of sp³-hybridized carbons (Fsp3) is 0.227. The largest absolute Gasteiger partial charge is 0.445 e. The number of Topliss-reactive ketones (excluding diaryl/α,β-unsaturated/α-hetero) is 2. The van der Waals surface area contributed by atoms with Crippen LogP contribution in [0.1, 0.15) is 18.1 Å². The predicted molar refractivity (Wildman–Crippen MR) is 111 cm³/mol. The highest BCUT2D eigenvalue weighted by atomic mass is 16.5. The van der Waals surface area contributed by atoms with Gasteiger partial charge in [0.05, 0.1) is 6.04 Å². The Bertz CT molecular complexity index is 972. The summed E-state index contributed by atoms with van der Waals surface area (Å²) in [6.45, 7) is 1.34. The molecule has 0 aromatic heterocycles. The maximum absolute atomic E-state index is 12.7. The SMILES string of the molecule is C[C@H](NC(=O)[C@H](Cc1ccccc1)NC(=O)OCc1ccccc1)C(=O)C(=O)C=[N+]=[N-]. The highest BCUT2D eigenvalue weighted by molar-refractivity contribution is 6.59. The minimum Gasteiger partial charge on any atom is -0.445 e. The molecule has 0 saturated carbocycles. The summed E-state index contributed by atoms with van der Waals surface area (Å²) in [6, 6.07) is 15.8. The molecule has 0 radical (unpaired) electrons. The van der Waals surface area contributed by atoms with Crippen molar-refractivity contribution in [2.24, 2.45) is 0 Å². The number of hydrogen-bond acceptors (Lipinski definition) is 5. The molecule has 2 aromatic carbocycles. The fourth-order valence-corrected chi connectivity index (χ4v) is 2.68. The van der Waals surface area contributed by atoms with Crippen molar-refractivity contribution >= 4 is 29.8 Å². The van der Waals surface area contributed by atoms with Crippen molar-refractivity contribution in [3.63, 3.8) is 0 Å². The van der Waals surface area contributed by atoms with Crippen LogP contribution >= 0.6 is 0 Å². The van der Waals surface area contributed by atoms with Gasteiger partial charge >= 0.3 is 18.1 Å². The lowest BCUT2D eigenvalue weighted by Gasteiger charge is -2.20. The first-order valence-corrected chi connectivity index (χ1v) is 9.47. The number of hydrogen-bond donors (Lipinski definition) is 2. The van der Waals surface area contributed by atoms with Gasteiger partial charge in [-0.3, -0.25) is 14.4 Å². The molecule has 2 atom stereocenters. The van der Waals surface area contributed by atoms with Crippen LogP contribution in [0.3, 0.4) is 0 Å². The van der Waals surface area contributed by atoms with Gasteiger partial charge in [-0.15, -0.1) is 0 Å². The van der Waals surface area contributed by atoms with E-state index in [9.17, 15) is 19.2 Å². The van der Waals surface area contributed by atoms with Gasteiger partial charge in [0, 0.05) is 6.42 Å². The molecular weight excluding hydrogens is 400 g/mol. The molecule has 0 aliphatic carbocycles. The van der Waals surface area contributed by atoms with Gasteiger partial charge in [0.2, 0.25) is 11.7 Å². The standard InChI is InChI=1S/C22H22N4O5/c1-15(20(28)19(27)13-24-23)25-21(29)18(12-16-8-4-2-5-9-16)26-22(30)31-14-17-10-6-3-7-11-17/h2-11,13,15,18H,12,14H2,1H3,(H,25,29)(H,26,30)/t15-,18-/m0/s1. The van der Waals surface area contributed by atoms with Gasteiger partial charge in [-0.1, -0.05) is 60.7 Å². The van der Waals surface area contributed by atoms with Crippen molar-refractivity contribution in [2.75, 3.05) is 0 Å². The van der Waals surface area contributed by atoms with Gasteiger partial charge in [-0.25, -0.2) is 4.79 Å². The van der Waals surface area contributed by atoms with Crippen LogP contribution < -0.4 is 10.6 Å². The van der Waals surface area contributed by atoms with Gasteiger partial charge in [0.1, 0.15) is 12.6 Å². The van der Waals surface area contributed by atoms with Crippen LogP contribution in [0, 0.1) is 0 Å². The van der Waals surface area contributed by atoms with E-state index in [0.717, 1.165) is 11.1 Å². The maximum Gasteiger partial charge on any atom is 0.408 e. The second kappa shape index (κ2) is 11.8. The zero-order valence-electron chi connectivity index (χ0n) is 16.9. The first-order valence-electron chi connectivity index (χ1n) is 9.47. The normalized spacial score (nSPS) is 11.9. The Labute approximate surface area is 179 Å². The van der Waals surface area contributed by atoms with E-state index >= 15 is 0 Å². The van der Waals surface area contributed by atoms with Gasteiger partial charge in [-0.2, -0.15) is 4.79 Å². The monoisotopic (exact) mass is 422 g/mol. The van der Waals surface area contributed by atoms with Crippen molar-refractivity contribution in [3.05, 3.63) is 77.3 Å². The number of rotatable bonds is 10. The lowest BCUT2D eigenvalue weighted by molar-refractivity contribution is -0.136. The molecule has 2 aromatic rings. The number of benzene rings is 2. The Morgan fingerprint density at radius 2 is 1.55 bits per heavy atom. The fourth-order valence-electron chi connectivity index (χ4n) is 2.68. The number of carbonyl (C=O) groups excluding carboxylic acids is 4. The minimum absolute atomic E-state index is 0.0240. The van der Waals surface area contributed by atoms with E-state index in [2.05, 4.69) is 15.4 Å². The van der Waals surface area contributed by atoms with Crippen LogP contribution in [0.15, 0.2) is 60.7 Å². The topological polar surface area (TPSA) is 138 Å². The number of nitrogens with one attached hydrogen (secondary N) is 2. The average Bonchev–Trinajstić information content (AvgIpc) is 2.78. The third kappa shape index (κ3) is 7.68. The van der Waals surface area contributed by atoms with Crippen LogP contribution in [-0.4, -0.2) is 46.7 Å². The molecule has 0 heterocycles. The molecule has 0 saturated heterocycles. The molecule has 2 amide bonds. The molecule has 0 spiro atoms. The molecule has 2 rings (SSSR count). The smallest absolute Gasteiger partial charge is 0.408 e. The summed E-state index contributed by atoms with van der Waals surface area (Å²) >= 11 is 0. The summed E-state index contributed by atoms with van der Waals surface area (Å²) in [5, 5.41) is 4.89. The zero-order valence-corrected chi connectivity index (χ0v) is 16.9. The second-order valence-corrected chi connectivity index (χ2v) is 6.65. The number of amides is 2. The second-order valence-electron chi connectivity index (χ2n) is 6.65. The molecule has 2 N–H and O–H groups in total. The minimum atomic E-state index is -1.18. The number of ketones is 2. The Morgan fingerprint density at radius 3 is 2.13 bits per heavy atom. The van der Waals surface area contributed by atoms with Gasteiger partial charge in [0.15, 0.2) is 0 Å². The van der Waals surface area contributed by atoms with E-state index in [1.54, 1.807) is 36.4 Å². The quantitative estimate of drug-likeness (QED) is 0.258. The summed E-state index contributed by atoms with van der Waals surface area (Å²) in [6.07, 6.45) is -0.214. The predicted octanol–water partition coefficient (Wildman–Crippen LogP) is 1.47. The number of carbonyl (C=O) groups is 4. The first kappa shape index (κ1) is 23.2. The van der Waals surface area contributed by atoms with Crippen molar-refractivity contribution in [3.8, 4) is 0 Å². The highest BCUT2D eigenvalue weighted by Crippen LogP contribution is 2.06. The molecule has 0 aliphatic rings. The Morgan fingerprint density at radius 1 is 0.968 bits per heavy atom. The zero-order chi connectivity index (χ0) is 22.6. The lowest BCUT2D eigenvalue weighted by Crippen LogP contribution is -2.52. The highest BCUT2D eigenvalue weighted by Gasteiger charge is 2.28. The molecule has 0 unspecified atom stereocenters. The van der Waals surface area contributed by atoms with Crippen molar-refractivity contribution in [1.82, 2.24) is 10.6 Å². The van der Waals surface area contributed by atoms with Gasteiger partial charge in [-0.05, 0) is 18.1 Å². The number of alkyl carbamates (subject to hydrolysis) is 1. The summed E-state index contributed by atoms with van der Waals surface area (Å²) in [5.41, 5.74) is 9.94. The Hall–Kier alpha value is -4.10. The van der Waals surface area contributed by atoms with E-state index < -0.39 is 35.7 Å². The molecule has 0 fully saturated rings. The molecule has 0 aliphatic heterocycles. The molecule has 160 valence electrons. The maximum atomic E-state index is 12.7. The number of nitrogens with zero attached hydrogens (tertiary/aromatic N) is 2. The third-order valence-electron chi connectivity index (χ3n) is 4.27. The summed E-state index contributed by atoms with van der Waals surface area (Å²) < 4.78 is 5.17. The molecule has 0 bridgehead atoms. The van der Waals surface area contributed by atoms with Crippen LogP contribution in [0.4, 0.5) is 4.79 Å². The third-order valence-corrected chi connectivity index (χ3v) is 4.27. The van der Waals surface area contributed by atoms with Gasteiger partial charge < -0.3 is 20.9 Å². The van der Waals surface area contributed by atoms with Crippen LogP contribution in [0.5, 0.6) is 0 Å². The summed E-state index contributed by atoms with van der Waals surface area (Å²) in [4.78, 5) is 51.0. The van der Waals surface area contributed by atoms with Crippen LogP contribution in [-0.2, 0) is 32.1 Å². The van der Waals surface area contributed by atoms with E-state index in [-0.39, 0.29) is 13.0 Å². The van der Waals surface area contributed by atoms with Crippen molar-refractivity contribution in [2.45, 2.75) is 32.0 Å². The van der Waals surface area contributed by atoms with Crippen molar-refractivity contribution < 1.29 is 28.7 Å². The van der Waals surface area contributed by atoms with E-state index in [1.807, 2.05) is 24.3 Å². The molecule has 31 heavy (non-hydrogen) atoms. The Balaban J connectivity index is 2.05. The van der Waals surface area contributed by atoms with Crippen molar-refractivity contribution in [1.29, 1.82) is 0 Å². The first-order chi connectivity index (χ1) is 14.9. The molecular formula is C22H22N4O5. The number of ether oxygens (including phenoxy) is 1. The van der Waals surface area contributed by atoms with Gasteiger partial charge in [0.25, 0.3) is 0 Å². The van der Waals surface area contributed by atoms with E-state index in [0.29, 0.717) is 6.21 Å². The van der Waals surface area contributed by atoms with Crippen LogP contribution in [0.2, 0.25) is 0 Å². The molecule has 9 nitrogen and oxygen atoms in total. The lowest BCUT2D eigenvalue weighted by atomic mass is 10.0. The molecule has 9 heteroatoms. The summed E-state index contributed by atoms with van der Waals surface area (Å²) in [5.74, 6) is -2.70.